The van der Waals surface area contributed by atoms with E-state index >= 15 is 0 Å². The van der Waals surface area contributed by atoms with Crippen LogP contribution in [0.15, 0.2) is 72.8 Å². The Morgan fingerprint density at radius 2 is 1.55 bits per heavy atom. The van der Waals surface area contributed by atoms with E-state index in [1.165, 1.54) is 21.2 Å². The fourth-order valence-electron chi connectivity index (χ4n) is 2.69. The molecule has 0 fully saturated rings. The molecule has 112 valence electrons. The number of likely N-dealkylation sites (N-methyl/N-ethyl adjacent to an activating group) is 1. The van der Waals surface area contributed by atoms with Gasteiger partial charge >= 0.3 is 0 Å². The molecule has 0 aliphatic rings. The van der Waals surface area contributed by atoms with Gasteiger partial charge in [-0.1, -0.05) is 66.7 Å². The Morgan fingerprint density at radius 1 is 0.818 bits per heavy atom. The maximum atomic E-state index is 6.01. The second-order valence-electron chi connectivity index (χ2n) is 5.70. The summed E-state index contributed by atoms with van der Waals surface area (Å²) in [6.45, 7) is 2.74. The Kier molecular flexibility index (Phi) is 4.71. The predicted octanol–water partition coefficient (Wildman–Crippen LogP) is 2.93. The predicted molar refractivity (Wildman–Crippen MR) is 91.3 cm³/mol. The second kappa shape index (κ2) is 7.10. The van der Waals surface area contributed by atoms with E-state index in [-0.39, 0.29) is 0 Å². The molecule has 0 aliphatic carbocycles. The molecule has 0 saturated heterocycles. The van der Waals surface area contributed by atoms with Crippen molar-refractivity contribution >= 4 is 10.8 Å². The highest BCUT2D eigenvalue weighted by atomic mass is 16.5. The lowest BCUT2D eigenvalue weighted by molar-refractivity contribution is -0.893. The molecule has 0 heterocycles. The van der Waals surface area contributed by atoms with Crippen LogP contribution < -0.4 is 9.64 Å². The van der Waals surface area contributed by atoms with Gasteiger partial charge in [0.15, 0.2) is 0 Å². The molecule has 1 N–H and O–H groups in total. The number of nitrogens with one attached hydrogen (secondary N) is 1. The minimum absolute atomic E-state index is 0.729. The molecule has 0 aliphatic heterocycles. The van der Waals surface area contributed by atoms with E-state index in [2.05, 4.69) is 79.8 Å². The maximum Gasteiger partial charge on any atom is 0.137 e. The van der Waals surface area contributed by atoms with Crippen LogP contribution >= 0.6 is 0 Å². The zero-order valence-corrected chi connectivity index (χ0v) is 13.0. The molecule has 22 heavy (non-hydrogen) atoms. The van der Waals surface area contributed by atoms with Crippen LogP contribution in [-0.4, -0.2) is 20.2 Å². The molecule has 3 rings (SSSR count). The fourth-order valence-corrected chi connectivity index (χ4v) is 2.69. The fraction of sp³-hybridized carbons (Fsp3) is 0.200. The molecule has 0 saturated carbocycles. The molecule has 3 aromatic rings. The van der Waals surface area contributed by atoms with Crippen molar-refractivity contribution in [2.45, 2.75) is 6.54 Å². The molecule has 1 unspecified atom stereocenters. The summed E-state index contributed by atoms with van der Waals surface area (Å²) in [6.07, 6.45) is 0. The van der Waals surface area contributed by atoms with Gasteiger partial charge in [-0.2, -0.15) is 0 Å². The van der Waals surface area contributed by atoms with Gasteiger partial charge in [-0.3, -0.25) is 0 Å². The van der Waals surface area contributed by atoms with Gasteiger partial charge in [-0.25, -0.2) is 0 Å². The van der Waals surface area contributed by atoms with Crippen LogP contribution in [0, 0.1) is 0 Å². The van der Waals surface area contributed by atoms with Gasteiger partial charge in [-0.15, -0.1) is 0 Å². The summed E-state index contributed by atoms with van der Waals surface area (Å²) < 4.78 is 6.01. The third kappa shape index (κ3) is 3.66. The number of fused-ring (bicyclic) bond motifs is 1. The number of quaternary nitrogens is 1. The van der Waals surface area contributed by atoms with Gasteiger partial charge in [0.2, 0.25) is 0 Å². The lowest BCUT2D eigenvalue weighted by Gasteiger charge is -2.15. The summed E-state index contributed by atoms with van der Waals surface area (Å²) in [5.41, 5.74) is 1.37. The Morgan fingerprint density at radius 3 is 2.41 bits per heavy atom. The third-order valence-corrected chi connectivity index (χ3v) is 3.88. The highest BCUT2D eigenvalue weighted by Gasteiger charge is 2.05. The van der Waals surface area contributed by atoms with Crippen LogP contribution in [0.4, 0.5) is 0 Å². The van der Waals surface area contributed by atoms with E-state index in [0.717, 1.165) is 25.4 Å². The lowest BCUT2D eigenvalue weighted by Crippen LogP contribution is -3.08. The van der Waals surface area contributed by atoms with Crippen LogP contribution in [0.5, 0.6) is 5.75 Å². The van der Waals surface area contributed by atoms with Crippen molar-refractivity contribution in [2.24, 2.45) is 0 Å². The molecule has 3 aromatic carbocycles. The standard InChI is InChI=1S/C20H21NO/c1-21(16-17-8-3-2-4-9-17)14-15-22-20-13-7-11-18-10-5-6-12-19(18)20/h2-13H,14-16H2,1H3/p+1. The van der Waals surface area contributed by atoms with Crippen LogP contribution in [0.3, 0.4) is 0 Å². The van der Waals surface area contributed by atoms with Crippen LogP contribution in [0.25, 0.3) is 10.8 Å². The first kappa shape index (κ1) is 14.6. The maximum absolute atomic E-state index is 6.01. The SMILES string of the molecule is C[NH+](CCOc1cccc2ccccc12)Cc1ccccc1. The minimum atomic E-state index is 0.729. The zero-order chi connectivity index (χ0) is 15.2. The monoisotopic (exact) mass is 292 g/mol. The summed E-state index contributed by atoms with van der Waals surface area (Å²) in [6, 6.07) is 25.2. The summed E-state index contributed by atoms with van der Waals surface area (Å²) in [4.78, 5) is 1.45. The summed E-state index contributed by atoms with van der Waals surface area (Å²) in [7, 11) is 2.21. The van der Waals surface area contributed by atoms with Gasteiger partial charge in [-0.05, 0) is 11.5 Å². The van der Waals surface area contributed by atoms with Gasteiger partial charge in [0, 0.05) is 10.9 Å². The molecule has 0 aromatic heterocycles. The van der Waals surface area contributed by atoms with Crippen molar-refractivity contribution in [3.63, 3.8) is 0 Å². The first-order valence-corrected chi connectivity index (χ1v) is 7.79. The molecular formula is C20H22NO+. The highest BCUT2D eigenvalue weighted by molar-refractivity contribution is 5.88. The highest BCUT2D eigenvalue weighted by Crippen LogP contribution is 2.24. The molecule has 0 spiro atoms. The van der Waals surface area contributed by atoms with Crippen molar-refractivity contribution in [3.8, 4) is 5.75 Å². The quantitative estimate of drug-likeness (QED) is 0.737. The van der Waals surface area contributed by atoms with Gasteiger partial charge in [0.1, 0.15) is 25.4 Å². The van der Waals surface area contributed by atoms with Gasteiger partial charge in [0.05, 0.1) is 7.05 Å². The van der Waals surface area contributed by atoms with Crippen molar-refractivity contribution in [3.05, 3.63) is 78.4 Å². The molecule has 0 amide bonds. The van der Waals surface area contributed by atoms with E-state index < -0.39 is 0 Å². The Bertz CT molecular complexity index is 719. The molecule has 2 nitrogen and oxygen atoms in total. The van der Waals surface area contributed by atoms with Crippen molar-refractivity contribution < 1.29 is 9.64 Å². The molecule has 2 heteroatoms. The smallest absolute Gasteiger partial charge is 0.137 e. The van der Waals surface area contributed by atoms with Crippen molar-refractivity contribution in [2.75, 3.05) is 20.2 Å². The molecule has 0 radical (unpaired) electrons. The molecule has 0 bridgehead atoms. The number of benzene rings is 3. The van der Waals surface area contributed by atoms with Gasteiger partial charge in [0.25, 0.3) is 0 Å². The Hall–Kier alpha value is -2.32. The van der Waals surface area contributed by atoms with Crippen LogP contribution in [0.2, 0.25) is 0 Å². The summed E-state index contributed by atoms with van der Waals surface area (Å²) >= 11 is 0. The average molecular weight is 292 g/mol. The molecule has 1 atom stereocenters. The van der Waals surface area contributed by atoms with Crippen molar-refractivity contribution in [1.29, 1.82) is 0 Å². The van der Waals surface area contributed by atoms with E-state index in [0.29, 0.717) is 0 Å². The largest absolute Gasteiger partial charge is 0.487 e. The lowest BCUT2D eigenvalue weighted by atomic mass is 10.1. The third-order valence-electron chi connectivity index (χ3n) is 3.88. The summed E-state index contributed by atoms with van der Waals surface area (Å²) in [5.74, 6) is 0.977. The normalized spacial score (nSPS) is 12.2. The number of rotatable bonds is 6. The van der Waals surface area contributed by atoms with E-state index in [1.807, 2.05) is 0 Å². The number of hydrogen-bond acceptors (Lipinski definition) is 1. The van der Waals surface area contributed by atoms with Gasteiger partial charge < -0.3 is 9.64 Å². The first-order chi connectivity index (χ1) is 10.8. The minimum Gasteiger partial charge on any atom is -0.487 e. The number of ether oxygens (including phenoxy) is 1. The van der Waals surface area contributed by atoms with E-state index in [4.69, 9.17) is 4.74 Å². The average Bonchev–Trinajstić information content (AvgIpc) is 2.56. The number of hydrogen-bond donors (Lipinski definition) is 1. The second-order valence-corrected chi connectivity index (χ2v) is 5.70. The Balaban J connectivity index is 1.56. The Labute approximate surface area is 132 Å². The summed E-state index contributed by atoms with van der Waals surface area (Å²) in [5, 5.41) is 2.41. The topological polar surface area (TPSA) is 13.7 Å². The van der Waals surface area contributed by atoms with E-state index in [1.54, 1.807) is 0 Å². The first-order valence-electron chi connectivity index (χ1n) is 7.79. The van der Waals surface area contributed by atoms with Crippen LogP contribution in [-0.2, 0) is 6.54 Å². The van der Waals surface area contributed by atoms with Crippen molar-refractivity contribution in [1.82, 2.24) is 0 Å². The zero-order valence-electron chi connectivity index (χ0n) is 13.0. The van der Waals surface area contributed by atoms with E-state index in [9.17, 15) is 0 Å². The molecular weight excluding hydrogens is 270 g/mol. The van der Waals surface area contributed by atoms with Crippen LogP contribution in [0.1, 0.15) is 5.56 Å².